The van der Waals surface area contributed by atoms with E-state index in [2.05, 4.69) is 24.4 Å². The molecule has 0 aliphatic carbocycles. The van der Waals surface area contributed by atoms with E-state index < -0.39 is 0 Å². The van der Waals surface area contributed by atoms with Gasteiger partial charge in [-0.05, 0) is 35.7 Å². The summed E-state index contributed by atoms with van der Waals surface area (Å²) in [6, 6.07) is 13.3. The largest absolute Gasteiger partial charge is 0.482 e. The first-order chi connectivity index (χ1) is 11.6. The highest BCUT2D eigenvalue weighted by molar-refractivity contribution is 5.98. The number of nitrogens with zero attached hydrogens (tertiary/aromatic N) is 1. The fraction of sp³-hybridized carbons (Fsp3) is 0.263. The smallest absolute Gasteiger partial charge is 0.262 e. The van der Waals surface area contributed by atoms with Crippen LogP contribution >= 0.6 is 0 Å². The van der Waals surface area contributed by atoms with Gasteiger partial charge in [-0.1, -0.05) is 31.2 Å². The first-order valence-electron chi connectivity index (χ1n) is 7.97. The number of carbonyl (C=O) groups excluding carboxylic acids is 2. The van der Waals surface area contributed by atoms with Crippen LogP contribution in [0.15, 0.2) is 42.5 Å². The molecule has 3 rings (SSSR count). The molecule has 0 bridgehead atoms. The van der Waals surface area contributed by atoms with Crippen LogP contribution in [0.25, 0.3) is 0 Å². The standard InChI is InChI=1S/C19H20N2O3/c1-3-13-4-6-14(7-5-13)11-21(2)19(23)15-8-9-16-17(10-15)24-12-18(22)20-16/h4-10H,3,11-12H2,1-2H3,(H,20,22). The Morgan fingerprint density at radius 2 is 1.88 bits per heavy atom. The van der Waals surface area contributed by atoms with E-state index in [0.29, 0.717) is 23.5 Å². The quantitative estimate of drug-likeness (QED) is 0.941. The van der Waals surface area contributed by atoms with E-state index in [1.807, 2.05) is 12.1 Å². The van der Waals surface area contributed by atoms with E-state index in [1.54, 1.807) is 30.1 Å². The fourth-order valence-electron chi connectivity index (χ4n) is 2.65. The van der Waals surface area contributed by atoms with Crippen LogP contribution in [0.4, 0.5) is 5.69 Å². The monoisotopic (exact) mass is 324 g/mol. The lowest BCUT2D eigenvalue weighted by atomic mass is 10.1. The number of rotatable bonds is 4. The van der Waals surface area contributed by atoms with E-state index in [4.69, 9.17) is 4.74 Å². The van der Waals surface area contributed by atoms with Gasteiger partial charge in [0.15, 0.2) is 6.61 Å². The lowest BCUT2D eigenvalue weighted by Crippen LogP contribution is -2.28. The van der Waals surface area contributed by atoms with Crippen LogP contribution in [0.5, 0.6) is 5.75 Å². The lowest BCUT2D eigenvalue weighted by Gasteiger charge is -2.21. The Balaban J connectivity index is 1.72. The lowest BCUT2D eigenvalue weighted by molar-refractivity contribution is -0.118. The molecule has 124 valence electrons. The summed E-state index contributed by atoms with van der Waals surface area (Å²) in [6.07, 6.45) is 1.00. The summed E-state index contributed by atoms with van der Waals surface area (Å²) in [5.41, 5.74) is 3.50. The molecule has 1 aliphatic heterocycles. The molecule has 1 heterocycles. The number of amides is 2. The number of nitrogens with one attached hydrogen (secondary N) is 1. The minimum atomic E-state index is -0.186. The van der Waals surface area contributed by atoms with Crippen molar-refractivity contribution in [2.45, 2.75) is 19.9 Å². The normalized spacial score (nSPS) is 12.8. The summed E-state index contributed by atoms with van der Waals surface area (Å²) in [6.45, 7) is 2.63. The molecule has 0 spiro atoms. The third-order valence-corrected chi connectivity index (χ3v) is 4.06. The number of hydrogen-bond donors (Lipinski definition) is 1. The Labute approximate surface area is 141 Å². The molecule has 0 fully saturated rings. The van der Waals surface area contributed by atoms with Crippen LogP contribution in [0, 0.1) is 0 Å². The number of aryl methyl sites for hydroxylation is 1. The van der Waals surface area contributed by atoms with E-state index in [-0.39, 0.29) is 18.4 Å². The third kappa shape index (κ3) is 3.40. The van der Waals surface area contributed by atoms with Gasteiger partial charge in [0, 0.05) is 19.2 Å². The Kier molecular flexibility index (Phi) is 4.51. The van der Waals surface area contributed by atoms with Gasteiger partial charge in [-0.15, -0.1) is 0 Å². The molecular formula is C19H20N2O3. The average Bonchev–Trinajstić information content (AvgIpc) is 2.61. The van der Waals surface area contributed by atoms with E-state index in [9.17, 15) is 9.59 Å². The number of ether oxygens (including phenoxy) is 1. The Bertz CT molecular complexity index is 769. The number of hydrogen-bond acceptors (Lipinski definition) is 3. The van der Waals surface area contributed by atoms with Gasteiger partial charge in [0.1, 0.15) is 5.75 Å². The molecular weight excluding hydrogens is 304 g/mol. The number of carbonyl (C=O) groups is 2. The van der Waals surface area contributed by atoms with Crippen LogP contribution in [0.3, 0.4) is 0 Å². The summed E-state index contributed by atoms with van der Waals surface area (Å²) in [5.74, 6) is 0.258. The van der Waals surface area contributed by atoms with Crippen molar-refractivity contribution in [2.24, 2.45) is 0 Å². The maximum Gasteiger partial charge on any atom is 0.262 e. The molecule has 0 radical (unpaired) electrons. The highest BCUT2D eigenvalue weighted by Gasteiger charge is 2.19. The molecule has 0 unspecified atom stereocenters. The molecule has 0 atom stereocenters. The summed E-state index contributed by atoms with van der Waals surface area (Å²) in [4.78, 5) is 25.6. The highest BCUT2D eigenvalue weighted by Crippen LogP contribution is 2.29. The van der Waals surface area contributed by atoms with Gasteiger partial charge in [-0.2, -0.15) is 0 Å². The zero-order valence-corrected chi connectivity index (χ0v) is 13.8. The van der Waals surface area contributed by atoms with Crippen molar-refractivity contribution in [1.82, 2.24) is 4.90 Å². The minimum absolute atomic E-state index is 0.0236. The van der Waals surface area contributed by atoms with Crippen molar-refractivity contribution in [3.8, 4) is 5.75 Å². The first-order valence-corrected chi connectivity index (χ1v) is 7.97. The molecule has 0 saturated carbocycles. The second-order valence-corrected chi connectivity index (χ2v) is 5.88. The van der Waals surface area contributed by atoms with Crippen LogP contribution in [0.2, 0.25) is 0 Å². The minimum Gasteiger partial charge on any atom is -0.482 e. The maximum absolute atomic E-state index is 12.6. The van der Waals surface area contributed by atoms with Crippen molar-refractivity contribution in [1.29, 1.82) is 0 Å². The van der Waals surface area contributed by atoms with Gasteiger partial charge in [0.25, 0.3) is 11.8 Å². The van der Waals surface area contributed by atoms with Crippen LogP contribution in [0.1, 0.15) is 28.4 Å². The molecule has 2 aromatic carbocycles. The summed E-state index contributed by atoms with van der Waals surface area (Å²) in [5, 5.41) is 2.72. The van der Waals surface area contributed by atoms with Crippen molar-refractivity contribution in [3.63, 3.8) is 0 Å². The summed E-state index contributed by atoms with van der Waals surface area (Å²) in [7, 11) is 1.78. The average molecular weight is 324 g/mol. The maximum atomic E-state index is 12.6. The molecule has 24 heavy (non-hydrogen) atoms. The Morgan fingerprint density at radius 1 is 1.17 bits per heavy atom. The molecule has 0 saturated heterocycles. The van der Waals surface area contributed by atoms with Crippen LogP contribution in [-0.2, 0) is 17.8 Å². The summed E-state index contributed by atoms with van der Waals surface area (Å²) >= 11 is 0. The molecule has 5 nitrogen and oxygen atoms in total. The molecule has 2 amide bonds. The number of benzene rings is 2. The van der Waals surface area contributed by atoms with Gasteiger partial charge < -0.3 is 15.0 Å². The predicted molar refractivity (Wildman–Crippen MR) is 92.2 cm³/mol. The van der Waals surface area contributed by atoms with Crippen LogP contribution < -0.4 is 10.1 Å². The Morgan fingerprint density at radius 3 is 2.58 bits per heavy atom. The van der Waals surface area contributed by atoms with E-state index >= 15 is 0 Å². The van der Waals surface area contributed by atoms with Crippen molar-refractivity contribution in [3.05, 3.63) is 59.2 Å². The van der Waals surface area contributed by atoms with Gasteiger partial charge in [0.05, 0.1) is 5.69 Å². The molecule has 1 aliphatic rings. The van der Waals surface area contributed by atoms with Crippen molar-refractivity contribution in [2.75, 3.05) is 19.0 Å². The number of fused-ring (bicyclic) bond motifs is 1. The van der Waals surface area contributed by atoms with Gasteiger partial charge in [-0.25, -0.2) is 0 Å². The van der Waals surface area contributed by atoms with Crippen molar-refractivity contribution < 1.29 is 14.3 Å². The van der Waals surface area contributed by atoms with E-state index in [0.717, 1.165) is 12.0 Å². The zero-order valence-electron chi connectivity index (χ0n) is 13.8. The van der Waals surface area contributed by atoms with E-state index in [1.165, 1.54) is 5.56 Å². The van der Waals surface area contributed by atoms with Gasteiger partial charge >= 0.3 is 0 Å². The fourth-order valence-corrected chi connectivity index (χ4v) is 2.65. The van der Waals surface area contributed by atoms with Gasteiger partial charge in [0.2, 0.25) is 0 Å². The Hall–Kier alpha value is -2.82. The highest BCUT2D eigenvalue weighted by atomic mass is 16.5. The topological polar surface area (TPSA) is 58.6 Å². The predicted octanol–water partition coefficient (Wildman–Crippen LogP) is 2.85. The molecule has 5 heteroatoms. The van der Waals surface area contributed by atoms with Crippen molar-refractivity contribution >= 4 is 17.5 Å². The summed E-state index contributed by atoms with van der Waals surface area (Å²) < 4.78 is 5.37. The first kappa shape index (κ1) is 16.1. The zero-order chi connectivity index (χ0) is 17.1. The number of anilines is 1. The molecule has 2 aromatic rings. The second kappa shape index (κ2) is 6.74. The second-order valence-electron chi connectivity index (χ2n) is 5.88. The molecule has 1 N–H and O–H groups in total. The van der Waals surface area contributed by atoms with Gasteiger partial charge in [-0.3, -0.25) is 9.59 Å². The third-order valence-electron chi connectivity index (χ3n) is 4.06. The van der Waals surface area contributed by atoms with Crippen LogP contribution in [-0.4, -0.2) is 30.4 Å². The SMILES string of the molecule is CCc1ccc(CN(C)C(=O)c2ccc3c(c2)OCC(=O)N3)cc1. The molecule has 0 aromatic heterocycles.